The van der Waals surface area contributed by atoms with Crippen molar-refractivity contribution in [3.8, 4) is 5.75 Å². The molecule has 1 aromatic carbocycles. The Kier molecular flexibility index (Phi) is 6.90. The van der Waals surface area contributed by atoms with Crippen molar-refractivity contribution in [1.29, 1.82) is 0 Å². The normalized spacial score (nSPS) is 16.6. The summed E-state index contributed by atoms with van der Waals surface area (Å²) in [5, 5.41) is 0. The highest BCUT2D eigenvalue weighted by Gasteiger charge is 2.28. The maximum absolute atomic E-state index is 12.5. The monoisotopic (exact) mass is 440 g/mol. The molecular formula is C24H28N2O6. The van der Waals surface area contributed by atoms with Gasteiger partial charge in [0.05, 0.1) is 19.8 Å². The maximum atomic E-state index is 12.5. The topological polar surface area (TPSA) is 89.3 Å². The summed E-state index contributed by atoms with van der Waals surface area (Å²) in [6.07, 6.45) is 2.79. The summed E-state index contributed by atoms with van der Waals surface area (Å²) < 4.78 is 16.2. The summed E-state index contributed by atoms with van der Waals surface area (Å²) in [7, 11) is 0. The molecule has 2 aromatic rings. The highest BCUT2D eigenvalue weighted by atomic mass is 16.5. The van der Waals surface area contributed by atoms with Gasteiger partial charge >= 0.3 is 11.9 Å². The number of carbonyl (C=O) groups is 2. The molecule has 0 bridgehead atoms. The van der Waals surface area contributed by atoms with Crippen LogP contribution >= 0.6 is 0 Å². The molecule has 1 aromatic heterocycles. The predicted molar refractivity (Wildman–Crippen MR) is 116 cm³/mol. The van der Waals surface area contributed by atoms with E-state index in [2.05, 4.69) is 17.0 Å². The minimum Gasteiger partial charge on any atom is -0.486 e. The van der Waals surface area contributed by atoms with Gasteiger partial charge in [-0.3, -0.25) is 14.5 Å². The predicted octanol–water partition coefficient (Wildman–Crippen LogP) is 2.34. The standard InChI is InChI=1S/C24H28N2O6/c1-2-30-24(29)23(28)26-9-7-17(8-10-26)15-32-22-16-31-20(11-21(22)27)14-25-12-18-5-3-4-6-19(18)13-25/h3-6,11,16-17H,2,7-10,12-15H2,1H3. The number of benzene rings is 1. The molecule has 8 nitrogen and oxygen atoms in total. The molecule has 0 aliphatic carbocycles. The fourth-order valence-corrected chi connectivity index (χ4v) is 4.19. The van der Waals surface area contributed by atoms with E-state index in [4.69, 9.17) is 13.9 Å². The molecule has 1 fully saturated rings. The van der Waals surface area contributed by atoms with Crippen LogP contribution < -0.4 is 10.2 Å². The Morgan fingerprint density at radius 2 is 1.81 bits per heavy atom. The van der Waals surface area contributed by atoms with Crippen molar-refractivity contribution in [2.45, 2.75) is 39.4 Å². The van der Waals surface area contributed by atoms with Crippen molar-refractivity contribution in [3.05, 3.63) is 63.7 Å². The summed E-state index contributed by atoms with van der Waals surface area (Å²) in [5.74, 6) is -0.394. The number of likely N-dealkylation sites (tertiary alicyclic amines) is 1. The van der Waals surface area contributed by atoms with E-state index in [0.717, 1.165) is 13.1 Å². The number of ether oxygens (including phenoxy) is 2. The van der Waals surface area contributed by atoms with Gasteiger partial charge in [-0.1, -0.05) is 24.3 Å². The second-order valence-electron chi connectivity index (χ2n) is 8.26. The molecule has 0 N–H and O–H groups in total. The van der Waals surface area contributed by atoms with Crippen molar-refractivity contribution in [1.82, 2.24) is 9.80 Å². The number of amides is 1. The van der Waals surface area contributed by atoms with Gasteiger partial charge in [0, 0.05) is 32.2 Å². The third-order valence-corrected chi connectivity index (χ3v) is 5.96. The molecule has 32 heavy (non-hydrogen) atoms. The van der Waals surface area contributed by atoms with Crippen LogP contribution in [0.25, 0.3) is 0 Å². The van der Waals surface area contributed by atoms with E-state index in [0.29, 0.717) is 44.8 Å². The third-order valence-electron chi connectivity index (χ3n) is 5.96. The van der Waals surface area contributed by atoms with Gasteiger partial charge in [-0.2, -0.15) is 0 Å². The minimum atomic E-state index is -0.808. The molecule has 0 unspecified atom stereocenters. The van der Waals surface area contributed by atoms with Crippen LogP contribution in [0.2, 0.25) is 0 Å². The first-order valence-electron chi connectivity index (χ1n) is 11.0. The molecule has 2 aliphatic heterocycles. The lowest BCUT2D eigenvalue weighted by Gasteiger charge is -2.31. The van der Waals surface area contributed by atoms with Crippen molar-refractivity contribution in [2.24, 2.45) is 5.92 Å². The number of piperidine rings is 1. The van der Waals surface area contributed by atoms with E-state index in [1.54, 1.807) is 6.92 Å². The number of hydrogen-bond acceptors (Lipinski definition) is 7. The zero-order chi connectivity index (χ0) is 22.5. The zero-order valence-corrected chi connectivity index (χ0v) is 18.2. The Balaban J connectivity index is 1.24. The molecule has 0 saturated carbocycles. The zero-order valence-electron chi connectivity index (χ0n) is 18.2. The van der Waals surface area contributed by atoms with Gasteiger partial charge in [-0.15, -0.1) is 0 Å². The Bertz CT molecular complexity index is 1000. The van der Waals surface area contributed by atoms with Crippen LogP contribution in [0.3, 0.4) is 0 Å². The fourth-order valence-electron chi connectivity index (χ4n) is 4.19. The van der Waals surface area contributed by atoms with Crippen LogP contribution in [-0.4, -0.2) is 48.0 Å². The highest BCUT2D eigenvalue weighted by molar-refractivity contribution is 6.32. The van der Waals surface area contributed by atoms with Gasteiger partial charge in [0.15, 0.2) is 0 Å². The summed E-state index contributed by atoms with van der Waals surface area (Å²) >= 11 is 0. The first-order chi connectivity index (χ1) is 15.5. The number of nitrogens with zero attached hydrogens (tertiary/aromatic N) is 2. The summed E-state index contributed by atoms with van der Waals surface area (Å²) in [5.41, 5.74) is 2.42. The molecule has 0 spiro atoms. The molecule has 1 saturated heterocycles. The van der Waals surface area contributed by atoms with Gasteiger partial charge < -0.3 is 18.8 Å². The Hall–Kier alpha value is -3.13. The van der Waals surface area contributed by atoms with Crippen LogP contribution in [0.5, 0.6) is 5.75 Å². The number of rotatable bonds is 6. The second kappa shape index (κ2) is 9.99. The average Bonchev–Trinajstić information content (AvgIpc) is 3.21. The first-order valence-corrected chi connectivity index (χ1v) is 11.0. The van der Waals surface area contributed by atoms with E-state index < -0.39 is 11.9 Å². The van der Waals surface area contributed by atoms with E-state index in [1.807, 2.05) is 12.1 Å². The van der Waals surface area contributed by atoms with Gasteiger partial charge in [0.25, 0.3) is 0 Å². The molecule has 4 rings (SSSR count). The first kappa shape index (κ1) is 22.1. The number of carbonyl (C=O) groups excluding carboxylic acids is 2. The molecule has 8 heteroatoms. The van der Waals surface area contributed by atoms with E-state index in [9.17, 15) is 14.4 Å². The molecule has 3 heterocycles. The van der Waals surface area contributed by atoms with Crippen LogP contribution in [0.1, 0.15) is 36.7 Å². The van der Waals surface area contributed by atoms with Gasteiger partial charge in [-0.05, 0) is 36.8 Å². The lowest BCUT2D eigenvalue weighted by Crippen LogP contribution is -2.43. The smallest absolute Gasteiger partial charge is 0.397 e. The van der Waals surface area contributed by atoms with Crippen LogP contribution in [0.15, 0.2) is 45.8 Å². The van der Waals surface area contributed by atoms with Crippen LogP contribution in [0.4, 0.5) is 0 Å². The van der Waals surface area contributed by atoms with Gasteiger partial charge in [-0.25, -0.2) is 4.79 Å². The summed E-state index contributed by atoms with van der Waals surface area (Å²) in [6.45, 7) is 5.41. The van der Waals surface area contributed by atoms with Crippen LogP contribution in [0, 0.1) is 5.92 Å². The number of fused-ring (bicyclic) bond motifs is 1. The minimum absolute atomic E-state index is 0.182. The highest BCUT2D eigenvalue weighted by Crippen LogP contribution is 2.24. The number of esters is 1. The second-order valence-corrected chi connectivity index (χ2v) is 8.26. The molecule has 2 aliphatic rings. The quantitative estimate of drug-likeness (QED) is 0.503. The summed E-state index contributed by atoms with van der Waals surface area (Å²) in [4.78, 5) is 39.8. The Morgan fingerprint density at radius 3 is 2.44 bits per heavy atom. The van der Waals surface area contributed by atoms with E-state index >= 15 is 0 Å². The van der Waals surface area contributed by atoms with Gasteiger partial charge in [0.2, 0.25) is 11.2 Å². The largest absolute Gasteiger partial charge is 0.486 e. The molecule has 0 atom stereocenters. The lowest BCUT2D eigenvalue weighted by molar-refractivity contribution is -0.160. The molecule has 1 amide bonds. The van der Waals surface area contributed by atoms with E-state index in [1.165, 1.54) is 28.4 Å². The molecular weight excluding hydrogens is 412 g/mol. The average molecular weight is 440 g/mol. The molecule has 170 valence electrons. The lowest BCUT2D eigenvalue weighted by atomic mass is 9.98. The SMILES string of the molecule is CCOC(=O)C(=O)N1CCC(COc2coc(CN3Cc4ccccc4C3)cc2=O)CC1. The third kappa shape index (κ3) is 5.19. The molecule has 0 radical (unpaired) electrons. The number of hydrogen-bond donors (Lipinski definition) is 0. The van der Waals surface area contributed by atoms with E-state index in [-0.39, 0.29) is 23.7 Å². The van der Waals surface area contributed by atoms with Gasteiger partial charge in [0.1, 0.15) is 12.0 Å². The summed E-state index contributed by atoms with van der Waals surface area (Å²) in [6, 6.07) is 9.83. The van der Waals surface area contributed by atoms with Crippen molar-refractivity contribution in [3.63, 3.8) is 0 Å². The Labute approximate surface area is 186 Å². The maximum Gasteiger partial charge on any atom is 0.397 e. The van der Waals surface area contributed by atoms with Crippen molar-refractivity contribution < 1.29 is 23.5 Å². The fraction of sp³-hybridized carbons (Fsp3) is 0.458. The Morgan fingerprint density at radius 1 is 1.12 bits per heavy atom. The van der Waals surface area contributed by atoms with Crippen molar-refractivity contribution >= 4 is 11.9 Å². The van der Waals surface area contributed by atoms with Crippen molar-refractivity contribution in [2.75, 3.05) is 26.3 Å². The van der Waals surface area contributed by atoms with Crippen LogP contribution in [-0.2, 0) is 34.0 Å².